The lowest BCUT2D eigenvalue weighted by molar-refractivity contribution is 0.0924. The Labute approximate surface area is 146 Å². The Morgan fingerprint density at radius 2 is 1.80 bits per heavy atom. The summed E-state index contributed by atoms with van der Waals surface area (Å²) >= 11 is 0. The van der Waals surface area contributed by atoms with E-state index >= 15 is 0 Å². The van der Waals surface area contributed by atoms with Crippen LogP contribution in [0, 0.1) is 6.92 Å². The summed E-state index contributed by atoms with van der Waals surface area (Å²) in [6, 6.07) is 17.1. The van der Waals surface area contributed by atoms with Crippen molar-refractivity contribution in [2.75, 3.05) is 6.54 Å². The Bertz CT molecular complexity index is 852. The number of rotatable bonds is 5. The molecule has 0 bridgehead atoms. The number of hydrogen-bond acceptors (Lipinski definition) is 4. The highest BCUT2D eigenvalue weighted by molar-refractivity contribution is 5.95. The Hall–Kier alpha value is -2.92. The quantitative estimate of drug-likeness (QED) is 0.748. The first-order valence-electron chi connectivity index (χ1n) is 8.14. The fraction of sp³-hybridized carbons (Fsp3) is 0.200. The fourth-order valence-corrected chi connectivity index (χ4v) is 2.64. The van der Waals surface area contributed by atoms with Gasteiger partial charge in [0.05, 0.1) is 11.7 Å². The second kappa shape index (κ2) is 7.32. The molecule has 0 aliphatic heterocycles. The van der Waals surface area contributed by atoms with E-state index < -0.39 is 6.10 Å². The third-order valence-electron chi connectivity index (χ3n) is 3.90. The molecule has 1 atom stereocenters. The predicted octanol–water partition coefficient (Wildman–Crippen LogP) is 3.43. The van der Waals surface area contributed by atoms with Crippen molar-refractivity contribution in [2.45, 2.75) is 20.0 Å². The zero-order valence-corrected chi connectivity index (χ0v) is 14.2. The van der Waals surface area contributed by atoms with Crippen LogP contribution in [0.4, 0.5) is 0 Å². The van der Waals surface area contributed by atoms with Crippen LogP contribution in [-0.2, 0) is 0 Å². The fourth-order valence-electron chi connectivity index (χ4n) is 2.64. The summed E-state index contributed by atoms with van der Waals surface area (Å²) in [7, 11) is 0. The van der Waals surface area contributed by atoms with Gasteiger partial charge in [0.1, 0.15) is 11.5 Å². The van der Waals surface area contributed by atoms with Crippen molar-refractivity contribution < 1.29 is 14.4 Å². The lowest BCUT2D eigenvalue weighted by Crippen LogP contribution is -2.30. The van der Waals surface area contributed by atoms with E-state index in [9.17, 15) is 9.90 Å². The first-order chi connectivity index (χ1) is 12.1. The summed E-state index contributed by atoms with van der Waals surface area (Å²) in [5.41, 5.74) is 4.16. The van der Waals surface area contributed by atoms with Gasteiger partial charge in [-0.25, -0.2) is 0 Å². The molecule has 0 aliphatic carbocycles. The standard InChI is InChI=1S/C20H20N2O3/c1-13(23)12-21-20(24)17-10-8-15(9-11-17)18-14(2)25-22-19(18)16-6-4-3-5-7-16/h3-11,13,23H,12H2,1-2H3,(H,21,24)/t13-/m0/s1. The van der Waals surface area contributed by atoms with Gasteiger partial charge in [0.25, 0.3) is 5.91 Å². The Morgan fingerprint density at radius 1 is 1.12 bits per heavy atom. The van der Waals surface area contributed by atoms with Crippen molar-refractivity contribution in [3.05, 3.63) is 65.9 Å². The Kier molecular flexibility index (Phi) is 4.95. The van der Waals surface area contributed by atoms with E-state index in [0.29, 0.717) is 5.56 Å². The second-order valence-electron chi connectivity index (χ2n) is 5.96. The molecule has 128 valence electrons. The number of aliphatic hydroxyl groups is 1. The first kappa shape index (κ1) is 16.9. The summed E-state index contributed by atoms with van der Waals surface area (Å²) in [5, 5.41) is 16.1. The molecule has 0 spiro atoms. The molecule has 5 heteroatoms. The number of aliphatic hydroxyl groups excluding tert-OH is 1. The van der Waals surface area contributed by atoms with Gasteiger partial charge in [0, 0.05) is 17.7 Å². The molecule has 25 heavy (non-hydrogen) atoms. The Morgan fingerprint density at radius 3 is 2.44 bits per heavy atom. The summed E-state index contributed by atoms with van der Waals surface area (Å²) in [6.07, 6.45) is -0.573. The molecule has 0 unspecified atom stereocenters. The molecule has 3 aromatic rings. The summed E-state index contributed by atoms with van der Waals surface area (Å²) in [6.45, 7) is 3.73. The number of carbonyl (C=O) groups excluding carboxylic acids is 1. The maximum Gasteiger partial charge on any atom is 0.251 e. The van der Waals surface area contributed by atoms with Crippen LogP contribution >= 0.6 is 0 Å². The smallest absolute Gasteiger partial charge is 0.251 e. The van der Waals surface area contributed by atoms with Crippen LogP contribution in [0.1, 0.15) is 23.0 Å². The summed E-state index contributed by atoms with van der Waals surface area (Å²) < 4.78 is 5.39. The number of benzene rings is 2. The molecule has 3 rings (SSSR count). The number of carbonyl (C=O) groups is 1. The zero-order chi connectivity index (χ0) is 17.8. The maximum absolute atomic E-state index is 12.0. The number of amides is 1. The molecule has 0 fully saturated rings. The van der Waals surface area contributed by atoms with Crippen LogP contribution in [0.15, 0.2) is 59.1 Å². The first-order valence-corrected chi connectivity index (χ1v) is 8.14. The summed E-state index contributed by atoms with van der Waals surface area (Å²) in [5.74, 6) is 0.517. The molecule has 1 heterocycles. The molecule has 0 saturated heterocycles. The average molecular weight is 336 g/mol. The SMILES string of the molecule is Cc1onc(-c2ccccc2)c1-c1ccc(C(=O)NC[C@H](C)O)cc1. The van der Waals surface area contributed by atoms with E-state index in [1.54, 1.807) is 19.1 Å². The van der Waals surface area contributed by atoms with Crippen molar-refractivity contribution in [3.63, 3.8) is 0 Å². The molecule has 0 saturated carbocycles. The van der Waals surface area contributed by atoms with Gasteiger partial charge in [0.2, 0.25) is 0 Å². The van der Waals surface area contributed by atoms with E-state index in [-0.39, 0.29) is 12.5 Å². The van der Waals surface area contributed by atoms with E-state index in [0.717, 1.165) is 28.1 Å². The molecular weight excluding hydrogens is 316 g/mol. The van der Waals surface area contributed by atoms with Gasteiger partial charge in [-0.05, 0) is 31.5 Å². The van der Waals surface area contributed by atoms with Crippen LogP contribution in [0.2, 0.25) is 0 Å². The van der Waals surface area contributed by atoms with Gasteiger partial charge >= 0.3 is 0 Å². The van der Waals surface area contributed by atoms with E-state index in [1.807, 2.05) is 49.4 Å². The minimum Gasteiger partial charge on any atom is -0.392 e. The summed E-state index contributed by atoms with van der Waals surface area (Å²) in [4.78, 5) is 12.0. The van der Waals surface area contributed by atoms with Gasteiger partial charge in [-0.3, -0.25) is 4.79 Å². The minimum absolute atomic E-state index is 0.210. The van der Waals surface area contributed by atoms with Crippen molar-refractivity contribution >= 4 is 5.91 Å². The minimum atomic E-state index is -0.573. The molecule has 1 amide bonds. The highest BCUT2D eigenvalue weighted by Gasteiger charge is 2.17. The number of hydrogen-bond donors (Lipinski definition) is 2. The van der Waals surface area contributed by atoms with Crippen LogP contribution in [-0.4, -0.2) is 28.8 Å². The molecule has 0 radical (unpaired) electrons. The maximum atomic E-state index is 12.0. The molecular formula is C20H20N2O3. The second-order valence-corrected chi connectivity index (χ2v) is 5.96. The van der Waals surface area contributed by atoms with Gasteiger partial charge in [0.15, 0.2) is 0 Å². The van der Waals surface area contributed by atoms with Gasteiger partial charge < -0.3 is 14.9 Å². The van der Waals surface area contributed by atoms with Gasteiger partial charge in [-0.2, -0.15) is 0 Å². The average Bonchev–Trinajstić information content (AvgIpc) is 3.02. The normalized spacial score (nSPS) is 12.0. The van der Waals surface area contributed by atoms with Crippen LogP contribution in [0.5, 0.6) is 0 Å². The van der Waals surface area contributed by atoms with Gasteiger partial charge in [-0.1, -0.05) is 47.6 Å². The highest BCUT2D eigenvalue weighted by atomic mass is 16.5. The van der Waals surface area contributed by atoms with Crippen molar-refractivity contribution in [1.29, 1.82) is 0 Å². The predicted molar refractivity (Wildman–Crippen MR) is 96.1 cm³/mol. The zero-order valence-electron chi connectivity index (χ0n) is 14.2. The molecule has 1 aromatic heterocycles. The highest BCUT2D eigenvalue weighted by Crippen LogP contribution is 2.34. The largest absolute Gasteiger partial charge is 0.392 e. The van der Waals surface area contributed by atoms with E-state index in [2.05, 4.69) is 10.5 Å². The van der Waals surface area contributed by atoms with Crippen molar-refractivity contribution in [3.8, 4) is 22.4 Å². The molecule has 2 N–H and O–H groups in total. The third-order valence-corrected chi connectivity index (χ3v) is 3.90. The topological polar surface area (TPSA) is 75.4 Å². The number of nitrogens with zero attached hydrogens (tertiary/aromatic N) is 1. The monoisotopic (exact) mass is 336 g/mol. The van der Waals surface area contributed by atoms with Gasteiger partial charge in [-0.15, -0.1) is 0 Å². The van der Waals surface area contributed by atoms with Crippen LogP contribution in [0.25, 0.3) is 22.4 Å². The molecule has 2 aromatic carbocycles. The van der Waals surface area contributed by atoms with Crippen molar-refractivity contribution in [2.24, 2.45) is 0 Å². The number of aromatic nitrogens is 1. The third kappa shape index (κ3) is 3.78. The number of aryl methyl sites for hydroxylation is 1. The number of nitrogens with one attached hydrogen (secondary N) is 1. The molecule has 0 aliphatic rings. The van der Waals surface area contributed by atoms with E-state index in [1.165, 1.54) is 0 Å². The lowest BCUT2D eigenvalue weighted by atomic mass is 9.98. The molecule has 5 nitrogen and oxygen atoms in total. The van der Waals surface area contributed by atoms with Crippen LogP contribution in [0.3, 0.4) is 0 Å². The van der Waals surface area contributed by atoms with E-state index in [4.69, 9.17) is 4.52 Å². The van der Waals surface area contributed by atoms with Crippen LogP contribution < -0.4 is 5.32 Å². The van der Waals surface area contributed by atoms with Crippen molar-refractivity contribution in [1.82, 2.24) is 10.5 Å². The Balaban J connectivity index is 1.89. The lowest BCUT2D eigenvalue weighted by Gasteiger charge is -2.08.